The average Bonchev–Trinajstić information content (AvgIpc) is 3.06. The van der Waals surface area contributed by atoms with Crippen LogP contribution in [0.2, 0.25) is 0 Å². The zero-order valence-electron chi connectivity index (χ0n) is 25.3. The van der Waals surface area contributed by atoms with Crippen LogP contribution in [0.3, 0.4) is 0 Å². The Morgan fingerprint density at radius 2 is 1.32 bits per heavy atom. The van der Waals surface area contributed by atoms with Gasteiger partial charge < -0.3 is 28.4 Å². The Bertz CT molecular complexity index is 1490. The van der Waals surface area contributed by atoms with E-state index in [-0.39, 0.29) is 19.0 Å². The molecule has 8 heteroatoms. The maximum absolute atomic E-state index is 12.8. The standard InChI is InChI=1S/C36H38O8/c1-4-41-35(37)20-17-26-15-19-32(34(22-26)40-3)44-30(25-43-36(38)29-13-9-6-10-14-29)21-28-16-18-31(33(23-28)39-2)42-24-27-11-7-5-8-12-27/h5-16,18-19,22-23,30H,4,17,20-21,24-25H2,1-3H3/t30-/m1/s1. The molecule has 0 saturated carbocycles. The SMILES string of the molecule is CCOC(=O)CCc1ccc(O[C@@H](COC(=O)c2ccccc2)Cc2ccc(OCc3ccccc3)c(OC)c2)c(OC)c1. The van der Waals surface area contributed by atoms with E-state index in [4.69, 9.17) is 28.4 Å². The molecule has 0 N–H and O–H groups in total. The Morgan fingerprint density at radius 3 is 2.02 bits per heavy atom. The fraction of sp³-hybridized carbons (Fsp3) is 0.278. The molecule has 4 aromatic rings. The topological polar surface area (TPSA) is 89.5 Å². The van der Waals surface area contributed by atoms with Crippen LogP contribution in [0, 0.1) is 0 Å². The minimum atomic E-state index is -0.553. The molecule has 0 unspecified atom stereocenters. The average molecular weight is 599 g/mol. The first-order chi connectivity index (χ1) is 21.5. The first-order valence-electron chi connectivity index (χ1n) is 14.5. The fourth-order valence-electron chi connectivity index (χ4n) is 4.54. The number of hydrogen-bond acceptors (Lipinski definition) is 8. The summed E-state index contributed by atoms with van der Waals surface area (Å²) >= 11 is 0. The van der Waals surface area contributed by atoms with Gasteiger partial charge in [-0.15, -0.1) is 0 Å². The van der Waals surface area contributed by atoms with Gasteiger partial charge in [0.1, 0.15) is 19.3 Å². The summed E-state index contributed by atoms with van der Waals surface area (Å²) in [5.41, 5.74) is 3.31. The first-order valence-corrected chi connectivity index (χ1v) is 14.5. The monoisotopic (exact) mass is 598 g/mol. The summed E-state index contributed by atoms with van der Waals surface area (Å²) in [6, 6.07) is 29.9. The lowest BCUT2D eigenvalue weighted by Crippen LogP contribution is -2.27. The van der Waals surface area contributed by atoms with Crippen LogP contribution in [0.25, 0.3) is 0 Å². The number of esters is 2. The molecule has 230 valence electrons. The molecular formula is C36H38O8. The number of hydrogen-bond donors (Lipinski definition) is 0. The van der Waals surface area contributed by atoms with Gasteiger partial charge in [0.15, 0.2) is 23.0 Å². The lowest BCUT2D eigenvalue weighted by Gasteiger charge is -2.22. The Balaban J connectivity index is 1.50. The van der Waals surface area contributed by atoms with Gasteiger partial charge in [-0.2, -0.15) is 0 Å². The third-order valence-electron chi connectivity index (χ3n) is 6.78. The van der Waals surface area contributed by atoms with E-state index in [0.29, 0.717) is 54.6 Å². The van der Waals surface area contributed by atoms with E-state index in [0.717, 1.165) is 16.7 Å². The predicted octanol–water partition coefficient (Wildman–Crippen LogP) is 6.63. The highest BCUT2D eigenvalue weighted by Gasteiger charge is 2.20. The second-order valence-corrected chi connectivity index (χ2v) is 9.96. The normalized spacial score (nSPS) is 11.2. The molecule has 8 nitrogen and oxygen atoms in total. The van der Waals surface area contributed by atoms with Gasteiger partial charge in [0.2, 0.25) is 0 Å². The molecule has 0 heterocycles. The minimum absolute atomic E-state index is 0.00390. The Labute approximate surface area is 258 Å². The minimum Gasteiger partial charge on any atom is -0.493 e. The van der Waals surface area contributed by atoms with Crippen molar-refractivity contribution in [1.82, 2.24) is 0 Å². The van der Waals surface area contributed by atoms with Crippen LogP contribution in [-0.4, -0.2) is 45.5 Å². The Kier molecular flexibility index (Phi) is 12.1. The van der Waals surface area contributed by atoms with Crippen molar-refractivity contribution in [3.8, 4) is 23.0 Å². The first kappa shape index (κ1) is 31.9. The molecule has 0 bridgehead atoms. The molecule has 0 saturated heterocycles. The molecule has 0 spiro atoms. The highest BCUT2D eigenvalue weighted by atomic mass is 16.6. The third-order valence-corrected chi connectivity index (χ3v) is 6.78. The number of methoxy groups -OCH3 is 2. The van der Waals surface area contributed by atoms with Crippen molar-refractivity contribution in [3.05, 3.63) is 119 Å². The van der Waals surface area contributed by atoms with Crippen molar-refractivity contribution in [2.24, 2.45) is 0 Å². The van der Waals surface area contributed by atoms with E-state index in [1.807, 2.05) is 66.7 Å². The highest BCUT2D eigenvalue weighted by molar-refractivity contribution is 5.89. The predicted molar refractivity (Wildman–Crippen MR) is 167 cm³/mol. The number of benzene rings is 4. The van der Waals surface area contributed by atoms with E-state index in [2.05, 4.69) is 0 Å². The zero-order chi connectivity index (χ0) is 31.1. The van der Waals surface area contributed by atoms with E-state index in [9.17, 15) is 9.59 Å². The summed E-state index contributed by atoms with van der Waals surface area (Å²) in [6.45, 7) is 2.54. The van der Waals surface area contributed by atoms with Crippen molar-refractivity contribution in [2.45, 2.75) is 38.9 Å². The van der Waals surface area contributed by atoms with Gasteiger partial charge in [-0.1, -0.05) is 60.7 Å². The molecule has 1 atom stereocenters. The molecule has 0 aliphatic heterocycles. The van der Waals surface area contributed by atoms with Crippen LogP contribution < -0.4 is 18.9 Å². The van der Waals surface area contributed by atoms with Crippen LogP contribution in [0.4, 0.5) is 0 Å². The summed E-state index contributed by atoms with van der Waals surface area (Å²) in [6.07, 6.45) is 0.627. The molecule has 0 amide bonds. The van der Waals surface area contributed by atoms with Gasteiger partial charge in [0.25, 0.3) is 0 Å². The van der Waals surface area contributed by atoms with Gasteiger partial charge >= 0.3 is 11.9 Å². The van der Waals surface area contributed by atoms with Crippen LogP contribution >= 0.6 is 0 Å². The van der Waals surface area contributed by atoms with E-state index >= 15 is 0 Å². The van der Waals surface area contributed by atoms with Gasteiger partial charge in [0.05, 0.1) is 26.4 Å². The van der Waals surface area contributed by atoms with Crippen LogP contribution in [-0.2, 0) is 33.7 Å². The lowest BCUT2D eigenvalue weighted by atomic mass is 10.1. The second kappa shape index (κ2) is 16.6. The molecule has 0 aliphatic carbocycles. The highest BCUT2D eigenvalue weighted by Crippen LogP contribution is 2.32. The second-order valence-electron chi connectivity index (χ2n) is 9.96. The Morgan fingerprint density at radius 1 is 0.682 bits per heavy atom. The Hall–Kier alpha value is -4.98. The van der Waals surface area contributed by atoms with Crippen molar-refractivity contribution in [2.75, 3.05) is 27.4 Å². The summed E-state index contributed by atoms with van der Waals surface area (Å²) in [5.74, 6) is 1.51. The van der Waals surface area contributed by atoms with Crippen LogP contribution in [0.1, 0.15) is 40.4 Å². The number of aryl methyl sites for hydroxylation is 1. The largest absolute Gasteiger partial charge is 0.493 e. The molecule has 0 fully saturated rings. The summed E-state index contributed by atoms with van der Waals surface area (Å²) in [5, 5.41) is 0. The van der Waals surface area contributed by atoms with E-state index < -0.39 is 12.1 Å². The van der Waals surface area contributed by atoms with Crippen molar-refractivity contribution < 1.29 is 38.0 Å². The van der Waals surface area contributed by atoms with Crippen molar-refractivity contribution in [3.63, 3.8) is 0 Å². The number of carbonyl (C=O) groups excluding carboxylic acids is 2. The van der Waals surface area contributed by atoms with Gasteiger partial charge in [-0.25, -0.2) is 4.79 Å². The molecule has 0 aliphatic rings. The van der Waals surface area contributed by atoms with Gasteiger partial charge in [-0.05, 0) is 66.4 Å². The molecule has 44 heavy (non-hydrogen) atoms. The van der Waals surface area contributed by atoms with Crippen molar-refractivity contribution >= 4 is 11.9 Å². The smallest absolute Gasteiger partial charge is 0.338 e. The summed E-state index contributed by atoms with van der Waals surface area (Å²) < 4.78 is 34.4. The van der Waals surface area contributed by atoms with Gasteiger partial charge in [0, 0.05) is 12.8 Å². The molecule has 0 radical (unpaired) electrons. The summed E-state index contributed by atoms with van der Waals surface area (Å²) in [7, 11) is 3.15. The van der Waals surface area contributed by atoms with Crippen LogP contribution in [0.5, 0.6) is 23.0 Å². The van der Waals surface area contributed by atoms with Crippen LogP contribution in [0.15, 0.2) is 97.1 Å². The van der Waals surface area contributed by atoms with E-state index in [1.54, 1.807) is 51.5 Å². The molecule has 4 rings (SSSR count). The molecular weight excluding hydrogens is 560 g/mol. The number of ether oxygens (including phenoxy) is 6. The third kappa shape index (κ3) is 9.52. The zero-order valence-corrected chi connectivity index (χ0v) is 25.3. The number of rotatable bonds is 16. The molecule has 0 aromatic heterocycles. The molecule has 4 aromatic carbocycles. The quantitative estimate of drug-likeness (QED) is 0.133. The maximum Gasteiger partial charge on any atom is 0.338 e. The van der Waals surface area contributed by atoms with Gasteiger partial charge in [-0.3, -0.25) is 4.79 Å². The number of carbonyl (C=O) groups is 2. The lowest BCUT2D eigenvalue weighted by molar-refractivity contribution is -0.143. The van der Waals surface area contributed by atoms with Crippen molar-refractivity contribution in [1.29, 1.82) is 0 Å². The van der Waals surface area contributed by atoms with E-state index in [1.165, 1.54) is 0 Å². The fourth-order valence-corrected chi connectivity index (χ4v) is 4.54. The maximum atomic E-state index is 12.8. The summed E-state index contributed by atoms with van der Waals surface area (Å²) in [4.78, 5) is 24.6.